The molecular formula is C19H30BrN. The molecule has 1 fully saturated rings. The summed E-state index contributed by atoms with van der Waals surface area (Å²) >= 11 is 3.55. The third-order valence-electron chi connectivity index (χ3n) is 4.97. The van der Waals surface area contributed by atoms with Crippen molar-refractivity contribution in [1.29, 1.82) is 0 Å². The van der Waals surface area contributed by atoms with Crippen LogP contribution in [0.2, 0.25) is 0 Å². The molecule has 118 valence electrons. The van der Waals surface area contributed by atoms with Crippen molar-refractivity contribution in [2.24, 2.45) is 17.3 Å². The number of benzene rings is 1. The molecule has 1 aromatic carbocycles. The largest absolute Gasteiger partial charge is 0.316 e. The average Bonchev–Trinajstić information content (AvgIpc) is 2.31. The van der Waals surface area contributed by atoms with Gasteiger partial charge in [-0.3, -0.25) is 0 Å². The van der Waals surface area contributed by atoms with Crippen molar-refractivity contribution in [3.8, 4) is 0 Å². The quantitative estimate of drug-likeness (QED) is 0.749. The van der Waals surface area contributed by atoms with Crippen LogP contribution in [0.15, 0.2) is 28.7 Å². The summed E-state index contributed by atoms with van der Waals surface area (Å²) < 4.78 is 1.17. The van der Waals surface area contributed by atoms with Crippen molar-refractivity contribution >= 4 is 15.9 Å². The molecule has 0 spiro atoms. The summed E-state index contributed by atoms with van der Waals surface area (Å²) in [4.78, 5) is 0. The Balaban J connectivity index is 2.11. The van der Waals surface area contributed by atoms with Crippen molar-refractivity contribution in [2.45, 2.75) is 52.9 Å². The lowest BCUT2D eigenvalue weighted by Gasteiger charge is -2.53. The van der Waals surface area contributed by atoms with Crippen LogP contribution in [0.25, 0.3) is 0 Å². The Hall–Kier alpha value is -0.340. The Morgan fingerprint density at radius 3 is 2.24 bits per heavy atom. The minimum absolute atomic E-state index is 0.341. The molecule has 1 aliphatic rings. The maximum absolute atomic E-state index is 3.70. The van der Waals surface area contributed by atoms with E-state index in [0.29, 0.717) is 16.7 Å². The molecule has 0 saturated heterocycles. The van der Waals surface area contributed by atoms with Gasteiger partial charge in [0.15, 0.2) is 0 Å². The topological polar surface area (TPSA) is 12.0 Å². The third kappa shape index (κ3) is 4.10. The van der Waals surface area contributed by atoms with Gasteiger partial charge < -0.3 is 5.32 Å². The van der Waals surface area contributed by atoms with E-state index in [1.807, 2.05) is 0 Å². The first-order chi connectivity index (χ1) is 9.73. The predicted octanol–water partition coefficient (Wildman–Crippen LogP) is 5.39. The Morgan fingerprint density at radius 1 is 1.19 bits per heavy atom. The molecular weight excluding hydrogens is 322 g/mol. The highest BCUT2D eigenvalue weighted by Gasteiger charge is 2.48. The summed E-state index contributed by atoms with van der Waals surface area (Å²) in [7, 11) is 0. The molecule has 2 rings (SSSR count). The second-order valence-corrected chi connectivity index (χ2v) is 9.20. The van der Waals surface area contributed by atoms with Gasteiger partial charge in [-0.2, -0.15) is 0 Å². The summed E-state index contributed by atoms with van der Waals surface area (Å²) in [5, 5.41) is 3.70. The molecule has 0 amide bonds. The first-order valence-electron chi connectivity index (χ1n) is 8.20. The van der Waals surface area contributed by atoms with E-state index < -0.39 is 0 Å². The molecule has 0 heterocycles. The lowest BCUT2D eigenvalue weighted by molar-refractivity contribution is 0.0445. The highest BCUT2D eigenvalue weighted by atomic mass is 79.9. The van der Waals surface area contributed by atoms with Gasteiger partial charge in [0.05, 0.1) is 0 Å². The van der Waals surface area contributed by atoms with Crippen molar-refractivity contribution < 1.29 is 0 Å². The van der Waals surface area contributed by atoms with Gasteiger partial charge in [-0.1, -0.05) is 62.7 Å². The Bertz CT molecular complexity index is 449. The lowest BCUT2D eigenvalue weighted by Crippen LogP contribution is -2.52. The lowest BCUT2D eigenvalue weighted by atomic mass is 9.52. The third-order valence-corrected chi connectivity index (χ3v) is 5.50. The maximum Gasteiger partial charge on any atom is 0.0175 e. The van der Waals surface area contributed by atoms with Gasteiger partial charge in [-0.05, 0) is 54.3 Å². The van der Waals surface area contributed by atoms with Crippen LogP contribution >= 0.6 is 15.9 Å². The minimum Gasteiger partial charge on any atom is -0.316 e. The number of nitrogens with one attached hydrogen (secondary N) is 1. The Morgan fingerprint density at radius 2 is 1.76 bits per heavy atom. The molecule has 21 heavy (non-hydrogen) atoms. The maximum atomic E-state index is 3.70. The molecule has 1 nitrogen and oxygen atoms in total. The molecule has 0 atom stereocenters. The second-order valence-electron chi connectivity index (χ2n) is 8.28. The zero-order valence-corrected chi connectivity index (χ0v) is 15.8. The van der Waals surface area contributed by atoms with Gasteiger partial charge in [-0.25, -0.2) is 0 Å². The van der Waals surface area contributed by atoms with Crippen LogP contribution in [-0.4, -0.2) is 13.1 Å². The van der Waals surface area contributed by atoms with Crippen LogP contribution in [-0.2, 0) is 5.41 Å². The molecule has 0 bridgehead atoms. The van der Waals surface area contributed by atoms with E-state index >= 15 is 0 Å². The van der Waals surface area contributed by atoms with Gasteiger partial charge in [0.25, 0.3) is 0 Å². The van der Waals surface area contributed by atoms with Crippen molar-refractivity contribution in [3.05, 3.63) is 34.3 Å². The fourth-order valence-electron chi connectivity index (χ4n) is 3.38. The van der Waals surface area contributed by atoms with E-state index in [-0.39, 0.29) is 0 Å². The van der Waals surface area contributed by atoms with E-state index in [4.69, 9.17) is 0 Å². The highest BCUT2D eigenvalue weighted by molar-refractivity contribution is 9.10. The first-order valence-corrected chi connectivity index (χ1v) is 8.99. The van der Waals surface area contributed by atoms with Crippen LogP contribution in [0, 0.1) is 17.3 Å². The summed E-state index contributed by atoms with van der Waals surface area (Å²) in [5.41, 5.74) is 2.27. The van der Waals surface area contributed by atoms with Crippen LogP contribution in [0.4, 0.5) is 0 Å². The standard InChI is InChI=1S/C19H30BrN/c1-14(2)12-21-13-19(10-16(11-19)18(3,4)5)15-6-8-17(20)9-7-15/h6-9,14,16,21H,10-13H2,1-5H3. The van der Waals surface area contributed by atoms with E-state index in [1.54, 1.807) is 0 Å². The van der Waals surface area contributed by atoms with Crippen LogP contribution in [0.5, 0.6) is 0 Å². The number of rotatable bonds is 5. The summed E-state index contributed by atoms with van der Waals surface area (Å²) in [5.74, 6) is 1.55. The molecule has 0 radical (unpaired) electrons. The molecule has 2 heteroatoms. The van der Waals surface area contributed by atoms with Crippen LogP contribution in [0.3, 0.4) is 0 Å². The molecule has 1 aromatic rings. The second kappa shape index (κ2) is 6.42. The zero-order valence-electron chi connectivity index (χ0n) is 14.2. The summed E-state index contributed by atoms with van der Waals surface area (Å²) in [6, 6.07) is 8.98. The molecule has 1 saturated carbocycles. The SMILES string of the molecule is CC(C)CNCC1(c2ccc(Br)cc2)CC(C(C)(C)C)C1. The van der Waals surface area contributed by atoms with Crippen LogP contribution in [0.1, 0.15) is 53.0 Å². The monoisotopic (exact) mass is 351 g/mol. The normalized spacial score (nSPS) is 26.0. The number of hydrogen-bond donors (Lipinski definition) is 1. The molecule has 1 aliphatic carbocycles. The summed E-state index contributed by atoms with van der Waals surface area (Å²) in [6.07, 6.45) is 2.62. The molecule has 1 N–H and O–H groups in total. The number of halogens is 1. The number of hydrogen-bond acceptors (Lipinski definition) is 1. The van der Waals surface area contributed by atoms with Gasteiger partial charge in [0.1, 0.15) is 0 Å². The summed E-state index contributed by atoms with van der Waals surface area (Å²) in [6.45, 7) is 13.9. The fourth-order valence-corrected chi connectivity index (χ4v) is 3.65. The Labute approximate surface area is 139 Å². The van der Waals surface area contributed by atoms with Crippen molar-refractivity contribution in [3.63, 3.8) is 0 Å². The molecule has 0 unspecified atom stereocenters. The van der Waals surface area contributed by atoms with E-state index in [9.17, 15) is 0 Å². The van der Waals surface area contributed by atoms with Gasteiger partial charge in [0, 0.05) is 16.4 Å². The van der Waals surface area contributed by atoms with Crippen LogP contribution < -0.4 is 5.32 Å². The van der Waals surface area contributed by atoms with Gasteiger partial charge in [-0.15, -0.1) is 0 Å². The molecule has 0 aromatic heterocycles. The smallest absolute Gasteiger partial charge is 0.0175 e. The van der Waals surface area contributed by atoms with Crippen molar-refractivity contribution in [1.82, 2.24) is 5.32 Å². The fraction of sp³-hybridized carbons (Fsp3) is 0.684. The van der Waals surface area contributed by atoms with E-state index in [2.05, 4.69) is 80.1 Å². The van der Waals surface area contributed by atoms with Gasteiger partial charge in [0.2, 0.25) is 0 Å². The van der Waals surface area contributed by atoms with Crippen molar-refractivity contribution in [2.75, 3.05) is 13.1 Å². The minimum atomic E-state index is 0.341. The van der Waals surface area contributed by atoms with E-state index in [1.165, 1.54) is 22.9 Å². The van der Waals surface area contributed by atoms with Gasteiger partial charge >= 0.3 is 0 Å². The zero-order chi connectivity index (χ0) is 15.7. The van der Waals surface area contributed by atoms with E-state index in [0.717, 1.165) is 19.0 Å². The first kappa shape index (κ1) is 17.0. The highest BCUT2D eigenvalue weighted by Crippen LogP contribution is 2.54. The predicted molar refractivity (Wildman–Crippen MR) is 95.7 cm³/mol. The Kier molecular flexibility index (Phi) is 5.20. The molecule has 0 aliphatic heterocycles. The average molecular weight is 352 g/mol.